The summed E-state index contributed by atoms with van der Waals surface area (Å²) in [5, 5.41) is 6.12. The highest BCUT2D eigenvalue weighted by atomic mass is 16.5. The summed E-state index contributed by atoms with van der Waals surface area (Å²) in [6.07, 6.45) is 1.26. The maximum absolute atomic E-state index is 13.6. The van der Waals surface area contributed by atoms with Gasteiger partial charge in [0.15, 0.2) is 11.5 Å². The first-order valence-electron chi connectivity index (χ1n) is 15.0. The average molecular weight is 621 g/mol. The smallest absolute Gasteiger partial charge is 0.332 e. The fourth-order valence-corrected chi connectivity index (χ4v) is 5.26. The molecule has 0 radical (unpaired) electrons. The monoisotopic (exact) mass is 620 g/mol. The van der Waals surface area contributed by atoms with E-state index in [1.165, 1.54) is 4.57 Å². The quantitative estimate of drug-likeness (QED) is 0.208. The van der Waals surface area contributed by atoms with Crippen molar-refractivity contribution in [2.75, 3.05) is 27.3 Å². The van der Waals surface area contributed by atoms with Gasteiger partial charge in [-0.2, -0.15) is 0 Å². The van der Waals surface area contributed by atoms with Crippen LogP contribution in [0.2, 0.25) is 0 Å². The zero-order valence-corrected chi connectivity index (χ0v) is 25.8. The molecule has 0 spiro atoms. The van der Waals surface area contributed by atoms with E-state index in [1.54, 1.807) is 62.8 Å². The predicted octanol–water partition coefficient (Wildman–Crippen LogP) is 3.56. The number of amides is 2. The third-order valence-electron chi connectivity index (χ3n) is 7.72. The molecule has 5 aromatic rings. The molecule has 1 aromatic heterocycles. The lowest BCUT2D eigenvalue weighted by Gasteiger charge is -2.14. The van der Waals surface area contributed by atoms with Gasteiger partial charge in [-0.3, -0.25) is 23.5 Å². The van der Waals surface area contributed by atoms with Gasteiger partial charge in [-0.1, -0.05) is 60.7 Å². The minimum atomic E-state index is -0.584. The van der Waals surface area contributed by atoms with Crippen LogP contribution in [0.1, 0.15) is 27.0 Å². The first-order valence-corrected chi connectivity index (χ1v) is 15.0. The van der Waals surface area contributed by atoms with Crippen molar-refractivity contribution in [3.63, 3.8) is 0 Å². The molecule has 2 N–H and O–H groups in total. The van der Waals surface area contributed by atoms with Crippen LogP contribution in [0.3, 0.4) is 0 Å². The maximum atomic E-state index is 13.6. The van der Waals surface area contributed by atoms with Gasteiger partial charge in [-0.25, -0.2) is 4.79 Å². The Morgan fingerprint density at radius 1 is 0.674 bits per heavy atom. The fourth-order valence-electron chi connectivity index (χ4n) is 5.26. The number of nitrogens with zero attached hydrogens (tertiary/aromatic N) is 2. The number of carbonyl (C=O) groups is 2. The van der Waals surface area contributed by atoms with Crippen LogP contribution in [0, 0.1) is 0 Å². The minimum Gasteiger partial charge on any atom is -0.493 e. The maximum Gasteiger partial charge on any atom is 0.332 e. The van der Waals surface area contributed by atoms with Crippen molar-refractivity contribution in [2.24, 2.45) is 0 Å². The molecule has 236 valence electrons. The van der Waals surface area contributed by atoms with E-state index in [0.717, 1.165) is 15.7 Å². The van der Waals surface area contributed by atoms with Gasteiger partial charge in [0.05, 0.1) is 31.7 Å². The van der Waals surface area contributed by atoms with Gasteiger partial charge >= 0.3 is 5.69 Å². The zero-order chi connectivity index (χ0) is 32.5. The van der Waals surface area contributed by atoms with Crippen LogP contribution in [0.15, 0.2) is 107 Å². The van der Waals surface area contributed by atoms with E-state index in [0.29, 0.717) is 59.5 Å². The molecule has 1 heterocycles. The van der Waals surface area contributed by atoms with Crippen LogP contribution in [-0.2, 0) is 30.7 Å². The van der Waals surface area contributed by atoms with E-state index in [9.17, 15) is 19.2 Å². The molecule has 10 heteroatoms. The molecule has 0 aliphatic carbocycles. The van der Waals surface area contributed by atoms with Crippen LogP contribution in [0.4, 0.5) is 0 Å². The van der Waals surface area contributed by atoms with Crippen LogP contribution < -0.4 is 31.4 Å². The number of rotatable bonds is 13. The van der Waals surface area contributed by atoms with Gasteiger partial charge in [0.25, 0.3) is 11.5 Å². The molecule has 0 atom stereocenters. The summed E-state index contributed by atoms with van der Waals surface area (Å²) in [6.45, 7) is 0.601. The summed E-state index contributed by atoms with van der Waals surface area (Å²) in [7, 11) is 3.15. The number of para-hydroxylation sites is 1. The number of methoxy groups -OCH3 is 2. The van der Waals surface area contributed by atoms with E-state index in [1.807, 2.05) is 48.5 Å². The molecule has 46 heavy (non-hydrogen) atoms. The number of hydrogen-bond donors (Lipinski definition) is 2. The Morgan fingerprint density at radius 3 is 2.07 bits per heavy atom. The molecule has 0 unspecified atom stereocenters. The fraction of sp³-hybridized carbons (Fsp3) is 0.222. The Labute approximate surface area is 266 Å². The summed E-state index contributed by atoms with van der Waals surface area (Å²) in [6, 6.07) is 28.9. The summed E-state index contributed by atoms with van der Waals surface area (Å²) < 4.78 is 13.1. The topological polar surface area (TPSA) is 121 Å². The highest BCUT2D eigenvalue weighted by molar-refractivity contribution is 5.94. The Bertz CT molecular complexity index is 1950. The number of nitrogens with one attached hydrogen (secondary N) is 2. The Morgan fingerprint density at radius 2 is 1.33 bits per heavy atom. The van der Waals surface area contributed by atoms with Gasteiger partial charge in [-0.05, 0) is 65.9 Å². The van der Waals surface area contributed by atoms with Gasteiger partial charge in [0.2, 0.25) is 5.91 Å². The normalized spacial score (nSPS) is 10.8. The van der Waals surface area contributed by atoms with Crippen molar-refractivity contribution in [1.29, 1.82) is 0 Å². The lowest BCUT2D eigenvalue weighted by molar-refractivity contribution is -0.121. The second kappa shape index (κ2) is 14.9. The standard InChI is InChI=1S/C36H36N4O6/c1-45-31-17-14-26(22-32(31)46-2)19-21-38-34(42)28-15-12-27(13-16-28)23-40-35(43)29-10-6-7-11-30(29)39(36(40)44)24-33(41)37-20-18-25-8-4-3-5-9-25/h3-17,22H,18-21,23-24H2,1-2H3,(H,37,41)(H,38,42). The number of carbonyl (C=O) groups excluding carboxylic acids is 2. The van der Waals surface area contributed by atoms with E-state index >= 15 is 0 Å². The van der Waals surface area contributed by atoms with Gasteiger partial charge < -0.3 is 20.1 Å². The Hall–Kier alpha value is -5.64. The summed E-state index contributed by atoms with van der Waals surface area (Å²) in [5.41, 5.74) is 2.56. The second-order valence-corrected chi connectivity index (χ2v) is 10.8. The first-order chi connectivity index (χ1) is 22.4. The predicted molar refractivity (Wildman–Crippen MR) is 177 cm³/mol. The number of hydrogen-bond acceptors (Lipinski definition) is 6. The van der Waals surface area contributed by atoms with E-state index < -0.39 is 11.2 Å². The molecule has 5 rings (SSSR count). The van der Waals surface area contributed by atoms with E-state index in [-0.39, 0.29) is 24.9 Å². The van der Waals surface area contributed by atoms with Gasteiger partial charge in [0, 0.05) is 18.7 Å². The third kappa shape index (κ3) is 7.52. The van der Waals surface area contributed by atoms with Crippen molar-refractivity contribution in [3.8, 4) is 11.5 Å². The molecular weight excluding hydrogens is 584 g/mol. The number of aromatic nitrogens is 2. The van der Waals surface area contributed by atoms with Crippen LogP contribution in [0.5, 0.6) is 11.5 Å². The summed E-state index contributed by atoms with van der Waals surface area (Å²) >= 11 is 0. The number of ether oxygens (including phenoxy) is 2. The molecular formula is C36H36N4O6. The molecule has 0 bridgehead atoms. The molecule has 4 aromatic carbocycles. The zero-order valence-electron chi connectivity index (χ0n) is 25.8. The van der Waals surface area contributed by atoms with Gasteiger partial charge in [-0.15, -0.1) is 0 Å². The highest BCUT2D eigenvalue weighted by Gasteiger charge is 2.16. The van der Waals surface area contributed by atoms with E-state index in [4.69, 9.17) is 9.47 Å². The molecule has 0 saturated carbocycles. The van der Waals surface area contributed by atoms with Crippen LogP contribution in [0.25, 0.3) is 10.9 Å². The number of benzene rings is 4. The summed E-state index contributed by atoms with van der Waals surface area (Å²) in [5.74, 6) is 0.701. The van der Waals surface area contributed by atoms with Crippen molar-refractivity contribution < 1.29 is 19.1 Å². The van der Waals surface area contributed by atoms with Crippen LogP contribution >= 0.6 is 0 Å². The molecule has 0 aliphatic rings. The average Bonchev–Trinajstić information content (AvgIpc) is 3.09. The molecule has 0 aliphatic heterocycles. The van der Waals surface area contributed by atoms with Crippen molar-refractivity contribution in [2.45, 2.75) is 25.9 Å². The second-order valence-electron chi connectivity index (χ2n) is 10.8. The third-order valence-corrected chi connectivity index (χ3v) is 7.72. The number of fused-ring (bicyclic) bond motifs is 1. The first kappa shape index (κ1) is 31.8. The Kier molecular flexibility index (Phi) is 10.3. The molecule has 10 nitrogen and oxygen atoms in total. The summed E-state index contributed by atoms with van der Waals surface area (Å²) in [4.78, 5) is 52.6. The molecule has 2 amide bonds. The van der Waals surface area contributed by atoms with Crippen molar-refractivity contribution in [1.82, 2.24) is 19.8 Å². The lowest BCUT2D eigenvalue weighted by Crippen LogP contribution is -2.43. The Balaban J connectivity index is 1.25. The lowest BCUT2D eigenvalue weighted by atomic mass is 10.1. The van der Waals surface area contributed by atoms with Crippen LogP contribution in [-0.4, -0.2) is 48.3 Å². The van der Waals surface area contributed by atoms with Crippen molar-refractivity contribution >= 4 is 22.7 Å². The minimum absolute atomic E-state index is 0.0146. The highest BCUT2D eigenvalue weighted by Crippen LogP contribution is 2.27. The van der Waals surface area contributed by atoms with E-state index in [2.05, 4.69) is 10.6 Å². The SMILES string of the molecule is COc1ccc(CCNC(=O)c2ccc(Cn3c(=O)c4ccccc4n(CC(=O)NCCc4ccccc4)c3=O)cc2)cc1OC. The largest absolute Gasteiger partial charge is 0.493 e. The molecule has 0 fully saturated rings. The van der Waals surface area contributed by atoms with Crippen molar-refractivity contribution in [3.05, 3.63) is 140 Å². The molecule has 0 saturated heterocycles. The van der Waals surface area contributed by atoms with Gasteiger partial charge in [0.1, 0.15) is 6.54 Å².